The highest BCUT2D eigenvalue weighted by Crippen LogP contribution is 2.72. The monoisotopic (exact) mass is 559 g/mol. The first-order chi connectivity index (χ1) is 18.6. The van der Waals surface area contributed by atoms with Crippen molar-refractivity contribution in [2.24, 2.45) is 17.8 Å². The number of thioether (sulfide) groups is 1. The van der Waals surface area contributed by atoms with Crippen LogP contribution in [0.25, 0.3) is 0 Å². The fourth-order valence-corrected chi connectivity index (χ4v) is 10.3. The molecule has 0 aromatic rings. The Balaban J connectivity index is 1.81. The summed E-state index contributed by atoms with van der Waals surface area (Å²) in [5, 5.41) is 10.5. The lowest BCUT2D eigenvalue weighted by molar-refractivity contribution is -0.149. The van der Waals surface area contributed by atoms with Crippen LogP contribution in [0.3, 0.4) is 0 Å². The lowest BCUT2D eigenvalue weighted by atomic mass is 9.66. The smallest absolute Gasteiger partial charge is 0.247 e. The Kier molecular flexibility index (Phi) is 9.26. The topological polar surface area (TPSA) is 81.2 Å². The number of carbonyl (C=O) groups excluding carboxylic acids is 3. The summed E-state index contributed by atoms with van der Waals surface area (Å²) >= 11 is 1.72. The number of rotatable bonds is 12. The lowest BCUT2D eigenvalue weighted by Gasteiger charge is -2.43. The zero-order valence-corrected chi connectivity index (χ0v) is 25.3. The van der Waals surface area contributed by atoms with Crippen LogP contribution in [-0.4, -0.2) is 91.4 Å². The van der Waals surface area contributed by atoms with Crippen molar-refractivity contribution >= 4 is 29.5 Å². The lowest BCUT2D eigenvalue weighted by Crippen LogP contribution is -2.60. The molecule has 3 amide bonds. The van der Waals surface area contributed by atoms with Crippen LogP contribution in [0.4, 0.5) is 0 Å². The van der Waals surface area contributed by atoms with Crippen molar-refractivity contribution in [1.29, 1.82) is 0 Å². The van der Waals surface area contributed by atoms with Gasteiger partial charge in [0.2, 0.25) is 17.7 Å². The first-order valence-corrected chi connectivity index (χ1v) is 15.9. The molecular formula is C31H49N3O4S. The third kappa shape index (κ3) is 4.98. The second-order valence-corrected chi connectivity index (χ2v) is 14.5. The van der Waals surface area contributed by atoms with E-state index in [-0.39, 0.29) is 36.3 Å². The van der Waals surface area contributed by atoms with Crippen LogP contribution in [0, 0.1) is 17.8 Å². The zero-order chi connectivity index (χ0) is 28.5. The molecule has 0 radical (unpaired) electrons. The van der Waals surface area contributed by atoms with E-state index in [9.17, 15) is 19.5 Å². The Morgan fingerprint density at radius 2 is 1.79 bits per heavy atom. The molecule has 3 saturated heterocycles. The number of amides is 3. The van der Waals surface area contributed by atoms with Crippen LogP contribution in [-0.2, 0) is 14.4 Å². The predicted molar refractivity (Wildman–Crippen MR) is 157 cm³/mol. The minimum Gasteiger partial charge on any atom is -0.394 e. The van der Waals surface area contributed by atoms with E-state index in [1.54, 1.807) is 28.8 Å². The van der Waals surface area contributed by atoms with Gasteiger partial charge in [0.1, 0.15) is 6.04 Å². The Hall–Kier alpha value is -1.80. The maximum atomic E-state index is 14.8. The Labute approximate surface area is 239 Å². The molecule has 4 rings (SSSR count). The molecule has 1 spiro atoms. The summed E-state index contributed by atoms with van der Waals surface area (Å²) < 4.78 is -1.08. The van der Waals surface area contributed by atoms with Gasteiger partial charge in [0.15, 0.2) is 0 Å². The van der Waals surface area contributed by atoms with Crippen LogP contribution in [0.1, 0.15) is 79.1 Å². The molecule has 8 heteroatoms. The second-order valence-electron chi connectivity index (χ2n) is 12.6. The van der Waals surface area contributed by atoms with Crippen LogP contribution in [0.2, 0.25) is 0 Å². The molecule has 0 aromatic carbocycles. The minimum absolute atomic E-state index is 0.0000440. The van der Waals surface area contributed by atoms with Gasteiger partial charge in [0.05, 0.1) is 29.2 Å². The van der Waals surface area contributed by atoms with Gasteiger partial charge in [-0.3, -0.25) is 14.4 Å². The molecule has 39 heavy (non-hydrogen) atoms. The highest BCUT2D eigenvalue weighted by atomic mass is 32.2. The summed E-state index contributed by atoms with van der Waals surface area (Å²) in [5.41, 5.74) is 0. The van der Waals surface area contributed by atoms with Crippen molar-refractivity contribution in [3.05, 3.63) is 25.3 Å². The number of nitrogens with zero attached hydrogens (tertiary/aromatic N) is 3. The summed E-state index contributed by atoms with van der Waals surface area (Å²) in [6.45, 7) is 17.3. The maximum Gasteiger partial charge on any atom is 0.247 e. The van der Waals surface area contributed by atoms with Crippen molar-refractivity contribution < 1.29 is 19.5 Å². The number of fused-ring (bicyclic) bond motifs is 1. The highest BCUT2D eigenvalue weighted by molar-refractivity contribution is 8.02. The first kappa shape index (κ1) is 30.2. The molecule has 2 unspecified atom stereocenters. The fraction of sp³-hybridized carbons (Fsp3) is 0.774. The van der Waals surface area contributed by atoms with Gasteiger partial charge in [-0.1, -0.05) is 52.2 Å². The molecule has 2 bridgehead atoms. The van der Waals surface area contributed by atoms with Crippen LogP contribution in [0.5, 0.6) is 0 Å². The number of aliphatic hydroxyl groups is 1. The van der Waals surface area contributed by atoms with Gasteiger partial charge >= 0.3 is 0 Å². The van der Waals surface area contributed by atoms with E-state index < -0.39 is 33.4 Å². The van der Waals surface area contributed by atoms with E-state index in [1.165, 1.54) is 6.42 Å². The first-order valence-electron chi connectivity index (χ1n) is 15.1. The summed E-state index contributed by atoms with van der Waals surface area (Å²) in [7, 11) is 0. The molecule has 218 valence electrons. The molecule has 3 aliphatic heterocycles. The Morgan fingerprint density at radius 3 is 2.36 bits per heavy atom. The highest BCUT2D eigenvalue weighted by Gasteiger charge is 2.78. The van der Waals surface area contributed by atoms with Crippen LogP contribution < -0.4 is 0 Å². The van der Waals surface area contributed by atoms with Gasteiger partial charge in [0.25, 0.3) is 0 Å². The molecular weight excluding hydrogens is 510 g/mol. The van der Waals surface area contributed by atoms with Gasteiger partial charge in [-0.15, -0.1) is 24.9 Å². The van der Waals surface area contributed by atoms with Gasteiger partial charge in [-0.2, -0.15) is 0 Å². The van der Waals surface area contributed by atoms with Crippen molar-refractivity contribution in [3.63, 3.8) is 0 Å². The van der Waals surface area contributed by atoms with E-state index in [0.717, 1.165) is 44.9 Å². The fourth-order valence-electron chi connectivity index (χ4n) is 8.02. The average Bonchev–Trinajstić information content (AvgIpc) is 3.48. The summed E-state index contributed by atoms with van der Waals surface area (Å²) in [4.78, 5) is 49.0. The Morgan fingerprint density at radius 1 is 1.13 bits per heavy atom. The quantitative estimate of drug-likeness (QED) is 0.362. The van der Waals surface area contributed by atoms with Crippen LogP contribution in [0.15, 0.2) is 25.3 Å². The van der Waals surface area contributed by atoms with Crippen molar-refractivity contribution in [1.82, 2.24) is 14.7 Å². The van der Waals surface area contributed by atoms with Crippen molar-refractivity contribution in [2.45, 2.75) is 107 Å². The number of hydrogen-bond acceptors (Lipinski definition) is 5. The summed E-state index contributed by atoms with van der Waals surface area (Å²) in [6.07, 6.45) is 11.2. The largest absolute Gasteiger partial charge is 0.394 e. The number of likely N-dealkylation sites (tertiary alicyclic amines) is 1. The SMILES string of the molecule is C=CCN(CCC)C(=O)[C@@H]1[C@H]2C(=O)N([C@@H](CO)C(C)C)C(C(=O)N(CC=C)C3CCCCC3)C23CC[C@@]1(C)S3. The van der Waals surface area contributed by atoms with E-state index >= 15 is 0 Å². The van der Waals surface area contributed by atoms with Gasteiger partial charge in [-0.25, -0.2) is 0 Å². The molecule has 6 atom stereocenters. The third-order valence-corrected chi connectivity index (χ3v) is 11.8. The third-order valence-electron chi connectivity index (χ3n) is 9.81. The Bertz CT molecular complexity index is 965. The van der Waals surface area contributed by atoms with E-state index in [4.69, 9.17) is 0 Å². The standard InChI is InChI=1S/C31H49N3O4S/c1-7-17-32(18-8-2)27(36)24-25-28(37)34(23(20-35)21(4)5)26(31(25)16-15-30(24,6)39-31)29(38)33(19-9-3)22-13-11-10-12-14-22/h7,9,21-26,35H,1,3,8,10-20H2,2,4-6H3/t23-,24-,25-,26?,30+,31?/m0/s1. The zero-order valence-electron chi connectivity index (χ0n) is 24.4. The van der Waals surface area contributed by atoms with Gasteiger partial charge in [0, 0.05) is 30.4 Å². The number of aliphatic hydroxyl groups excluding tert-OH is 1. The molecule has 4 aliphatic rings. The van der Waals surface area contributed by atoms with Crippen LogP contribution >= 0.6 is 11.8 Å². The van der Waals surface area contributed by atoms with E-state index in [0.29, 0.717) is 19.6 Å². The molecule has 1 aliphatic carbocycles. The number of hydrogen-bond donors (Lipinski definition) is 1. The average molecular weight is 560 g/mol. The second kappa shape index (κ2) is 12.0. The predicted octanol–water partition coefficient (Wildman–Crippen LogP) is 4.26. The normalized spacial score (nSPS) is 32.8. The molecule has 3 heterocycles. The molecule has 1 saturated carbocycles. The van der Waals surface area contributed by atoms with E-state index in [1.807, 2.05) is 30.6 Å². The molecule has 7 nitrogen and oxygen atoms in total. The summed E-state index contributed by atoms with van der Waals surface area (Å²) in [6, 6.07) is -1.04. The maximum absolute atomic E-state index is 14.8. The minimum atomic E-state index is -0.694. The van der Waals surface area contributed by atoms with Gasteiger partial charge < -0.3 is 19.8 Å². The van der Waals surface area contributed by atoms with Gasteiger partial charge in [-0.05, 0) is 44.9 Å². The van der Waals surface area contributed by atoms with Crippen molar-refractivity contribution in [3.8, 4) is 0 Å². The molecule has 4 fully saturated rings. The van der Waals surface area contributed by atoms with Crippen molar-refractivity contribution in [2.75, 3.05) is 26.2 Å². The molecule has 0 aromatic heterocycles. The number of carbonyl (C=O) groups is 3. The molecule has 1 N–H and O–H groups in total. The van der Waals surface area contributed by atoms with E-state index in [2.05, 4.69) is 20.1 Å². The summed E-state index contributed by atoms with van der Waals surface area (Å²) in [5.74, 6) is -1.26.